The molecule has 150 valence electrons. The maximum atomic E-state index is 13.2. The van der Waals surface area contributed by atoms with Gasteiger partial charge in [-0.15, -0.1) is 22.7 Å². The van der Waals surface area contributed by atoms with Gasteiger partial charge >= 0.3 is 0 Å². The number of amides is 1. The number of hydrogen-bond acceptors (Lipinski definition) is 9. The van der Waals surface area contributed by atoms with Crippen LogP contribution in [0.3, 0.4) is 0 Å². The van der Waals surface area contributed by atoms with Crippen LogP contribution in [-0.4, -0.2) is 32.7 Å². The van der Waals surface area contributed by atoms with E-state index < -0.39 is 5.91 Å². The number of carbonyl (C=O) groups is 2. The van der Waals surface area contributed by atoms with Crippen LogP contribution >= 0.6 is 22.7 Å². The molecule has 0 aliphatic heterocycles. The lowest BCUT2D eigenvalue weighted by Crippen LogP contribution is -2.19. The van der Waals surface area contributed by atoms with Crippen LogP contribution in [0.2, 0.25) is 0 Å². The van der Waals surface area contributed by atoms with Crippen LogP contribution in [0.4, 0.5) is 10.7 Å². The van der Waals surface area contributed by atoms with Gasteiger partial charge in [0.15, 0.2) is 0 Å². The van der Waals surface area contributed by atoms with Crippen LogP contribution < -0.4 is 16.8 Å². The predicted octanol–water partition coefficient (Wildman–Crippen LogP) is 3.24. The van der Waals surface area contributed by atoms with Crippen LogP contribution in [0.5, 0.6) is 0 Å². The van der Waals surface area contributed by atoms with E-state index in [0.717, 1.165) is 25.7 Å². The summed E-state index contributed by atoms with van der Waals surface area (Å²) in [6.07, 6.45) is 9.07. The van der Waals surface area contributed by atoms with Gasteiger partial charge in [0.25, 0.3) is 5.91 Å². The third kappa shape index (κ3) is 3.73. The van der Waals surface area contributed by atoms with Crippen LogP contribution in [0, 0.1) is 6.92 Å². The van der Waals surface area contributed by atoms with Crippen molar-refractivity contribution in [2.24, 2.45) is 5.73 Å². The summed E-state index contributed by atoms with van der Waals surface area (Å²) in [5.41, 5.74) is 13.3. The summed E-state index contributed by atoms with van der Waals surface area (Å²) < 4.78 is 0. The summed E-state index contributed by atoms with van der Waals surface area (Å²) in [7, 11) is 0. The number of rotatable bonds is 6. The van der Waals surface area contributed by atoms with Crippen LogP contribution in [-0.2, 0) is 0 Å². The Bertz CT molecular complexity index is 1070. The largest absolute Gasteiger partial charge is 0.397 e. The number of carbonyl (C=O) groups excluding carboxylic acids is 2. The maximum absolute atomic E-state index is 13.2. The molecular weight excluding hydrogens is 408 g/mol. The number of ketones is 1. The van der Waals surface area contributed by atoms with E-state index in [1.54, 1.807) is 25.5 Å². The molecule has 3 aromatic rings. The molecule has 0 aromatic carbocycles. The highest BCUT2D eigenvalue weighted by Gasteiger charge is 2.29. The molecule has 0 saturated heterocycles. The number of nitrogens with two attached hydrogens (primary N) is 2. The van der Waals surface area contributed by atoms with E-state index >= 15 is 0 Å². The normalized spacial score (nSPS) is 14.2. The van der Waals surface area contributed by atoms with Gasteiger partial charge in [-0.2, -0.15) is 0 Å². The third-order valence-electron chi connectivity index (χ3n) is 4.87. The quantitative estimate of drug-likeness (QED) is 0.513. The molecule has 1 aliphatic rings. The number of nitrogen functional groups attached to an aromatic ring is 1. The van der Waals surface area contributed by atoms with Gasteiger partial charge in [-0.3, -0.25) is 19.6 Å². The molecule has 0 atom stereocenters. The molecule has 0 spiro atoms. The first kappa shape index (κ1) is 19.5. The monoisotopic (exact) mass is 428 g/mol. The number of aromatic nitrogens is 3. The number of primary amides is 1. The van der Waals surface area contributed by atoms with Gasteiger partial charge < -0.3 is 16.8 Å². The number of anilines is 2. The maximum Gasteiger partial charge on any atom is 0.253 e. The van der Waals surface area contributed by atoms with Crippen molar-refractivity contribution in [2.75, 3.05) is 11.1 Å². The molecule has 3 heterocycles. The van der Waals surface area contributed by atoms with E-state index in [2.05, 4.69) is 20.3 Å². The molecule has 0 radical (unpaired) electrons. The lowest BCUT2D eigenvalue weighted by molar-refractivity contribution is 0.100. The van der Waals surface area contributed by atoms with E-state index in [1.807, 2.05) is 0 Å². The Labute approximate surface area is 175 Å². The Morgan fingerprint density at radius 1 is 1.17 bits per heavy atom. The number of nitrogens with zero attached hydrogens (tertiary/aromatic N) is 3. The molecular formula is C19H20N6O2S2. The Hall–Kier alpha value is -2.85. The number of nitrogens with one attached hydrogen (secondary N) is 1. The van der Waals surface area contributed by atoms with Gasteiger partial charge in [0.05, 0.1) is 28.0 Å². The molecule has 0 bridgehead atoms. The van der Waals surface area contributed by atoms with Crippen LogP contribution in [0.1, 0.15) is 56.3 Å². The van der Waals surface area contributed by atoms with E-state index in [4.69, 9.17) is 11.5 Å². The standard InChI is InChI=1S/C19H20N6O2S2/c1-9-15(28-18(24-9)11-8-22-6-7-23-11)14(26)16-13(20)12(17(21)27)19(29-16)25-10-4-2-3-5-10/h6-8,10,25H,2-5,20H2,1H3,(H2,21,27). The third-order valence-corrected chi connectivity index (χ3v) is 7.19. The molecule has 3 aromatic heterocycles. The van der Waals surface area contributed by atoms with Crippen LogP contribution in [0.25, 0.3) is 10.7 Å². The summed E-state index contributed by atoms with van der Waals surface area (Å²) in [6.45, 7) is 1.76. The van der Waals surface area contributed by atoms with Gasteiger partial charge in [-0.05, 0) is 19.8 Å². The Balaban J connectivity index is 1.70. The minimum Gasteiger partial charge on any atom is -0.397 e. The average Bonchev–Trinajstić information content (AvgIpc) is 3.42. The van der Waals surface area contributed by atoms with Crippen molar-refractivity contribution in [1.82, 2.24) is 15.0 Å². The van der Waals surface area contributed by atoms with Crippen LogP contribution in [0.15, 0.2) is 18.6 Å². The summed E-state index contributed by atoms with van der Waals surface area (Å²) >= 11 is 2.41. The minimum atomic E-state index is -0.639. The summed E-state index contributed by atoms with van der Waals surface area (Å²) in [4.78, 5) is 38.8. The number of thiophene rings is 1. The highest BCUT2D eigenvalue weighted by molar-refractivity contribution is 7.21. The van der Waals surface area contributed by atoms with Gasteiger partial charge in [0, 0.05) is 18.4 Å². The van der Waals surface area contributed by atoms with Gasteiger partial charge in [0.2, 0.25) is 5.78 Å². The second-order valence-electron chi connectivity index (χ2n) is 6.89. The summed E-state index contributed by atoms with van der Waals surface area (Å²) in [6, 6.07) is 0.266. The molecule has 8 nitrogen and oxygen atoms in total. The van der Waals surface area contributed by atoms with E-state index in [-0.39, 0.29) is 23.1 Å². The van der Waals surface area contributed by atoms with Crippen molar-refractivity contribution in [1.29, 1.82) is 0 Å². The molecule has 29 heavy (non-hydrogen) atoms. The molecule has 0 unspecified atom stereocenters. The first-order valence-corrected chi connectivity index (χ1v) is 10.9. The van der Waals surface area contributed by atoms with Gasteiger partial charge in [0.1, 0.15) is 20.6 Å². The Morgan fingerprint density at radius 3 is 2.59 bits per heavy atom. The van der Waals surface area contributed by atoms with Gasteiger partial charge in [-0.25, -0.2) is 4.98 Å². The molecule has 1 aliphatic carbocycles. The average molecular weight is 429 g/mol. The van der Waals surface area contributed by atoms with Crippen molar-refractivity contribution < 1.29 is 9.59 Å². The summed E-state index contributed by atoms with van der Waals surface area (Å²) in [5.74, 6) is -0.904. The Kier molecular flexibility index (Phi) is 5.29. The Morgan fingerprint density at radius 2 is 1.93 bits per heavy atom. The lowest BCUT2D eigenvalue weighted by atomic mass is 10.1. The van der Waals surface area contributed by atoms with Gasteiger partial charge in [-0.1, -0.05) is 12.8 Å². The van der Waals surface area contributed by atoms with Crippen molar-refractivity contribution in [3.8, 4) is 10.7 Å². The number of hydrogen-bond donors (Lipinski definition) is 3. The second kappa shape index (κ2) is 7.88. The van der Waals surface area contributed by atoms with Crippen molar-refractivity contribution in [2.45, 2.75) is 38.6 Å². The first-order chi connectivity index (χ1) is 14.0. The number of thiazole rings is 1. The molecule has 1 amide bonds. The molecule has 10 heteroatoms. The SMILES string of the molecule is Cc1nc(-c2cnccn2)sc1C(=O)c1sc(NC2CCCC2)c(C(N)=O)c1N. The predicted molar refractivity (Wildman–Crippen MR) is 114 cm³/mol. The zero-order chi connectivity index (χ0) is 20.5. The topological polar surface area (TPSA) is 137 Å². The first-order valence-electron chi connectivity index (χ1n) is 9.22. The zero-order valence-corrected chi connectivity index (χ0v) is 17.4. The highest BCUT2D eigenvalue weighted by Crippen LogP contribution is 2.40. The van der Waals surface area contributed by atoms with Crippen molar-refractivity contribution in [3.63, 3.8) is 0 Å². The number of aryl methyl sites for hydroxylation is 1. The fraction of sp³-hybridized carbons (Fsp3) is 0.316. The van der Waals surface area contributed by atoms with E-state index in [0.29, 0.717) is 31.2 Å². The fourth-order valence-electron chi connectivity index (χ4n) is 3.44. The molecule has 4 rings (SSSR count). The minimum absolute atomic E-state index is 0.127. The van der Waals surface area contributed by atoms with Crippen molar-refractivity contribution in [3.05, 3.63) is 39.6 Å². The highest BCUT2D eigenvalue weighted by atomic mass is 32.1. The fourth-order valence-corrected chi connectivity index (χ4v) is 5.63. The lowest BCUT2D eigenvalue weighted by Gasteiger charge is -2.12. The second-order valence-corrected chi connectivity index (χ2v) is 8.91. The molecule has 5 N–H and O–H groups in total. The summed E-state index contributed by atoms with van der Waals surface area (Å²) in [5, 5.41) is 4.54. The smallest absolute Gasteiger partial charge is 0.253 e. The van der Waals surface area contributed by atoms with Crippen molar-refractivity contribution >= 4 is 45.1 Å². The molecule has 1 saturated carbocycles. The van der Waals surface area contributed by atoms with E-state index in [1.165, 1.54) is 22.7 Å². The molecule has 1 fully saturated rings. The zero-order valence-electron chi connectivity index (χ0n) is 15.8. The van der Waals surface area contributed by atoms with E-state index in [9.17, 15) is 9.59 Å².